The predicted octanol–water partition coefficient (Wildman–Crippen LogP) is 3.33. The van der Waals surface area contributed by atoms with Crippen molar-refractivity contribution in [2.75, 3.05) is 0 Å². The van der Waals surface area contributed by atoms with Gasteiger partial charge in [-0.1, -0.05) is 26.7 Å². The third-order valence-electron chi connectivity index (χ3n) is 2.72. The van der Waals surface area contributed by atoms with Crippen LogP contribution in [0, 0.1) is 0 Å². The highest BCUT2D eigenvalue weighted by atomic mass is 16.1. The maximum Gasteiger partial charge on any atom is 0.140 e. The van der Waals surface area contributed by atoms with E-state index in [9.17, 15) is 4.79 Å². The van der Waals surface area contributed by atoms with E-state index in [2.05, 4.69) is 11.9 Å². The average Bonchev–Trinajstić information content (AvgIpc) is 2.29. The third-order valence-corrected chi connectivity index (χ3v) is 2.72. The van der Waals surface area contributed by atoms with Crippen molar-refractivity contribution in [3.8, 4) is 0 Å². The Morgan fingerprint density at radius 1 is 1.33 bits per heavy atom. The highest BCUT2D eigenvalue weighted by Gasteiger charge is 2.13. The van der Waals surface area contributed by atoms with Gasteiger partial charge < -0.3 is 0 Å². The lowest BCUT2D eigenvalue weighted by molar-refractivity contribution is -0.120. The number of pyridine rings is 1. The van der Waals surface area contributed by atoms with Crippen molar-refractivity contribution in [1.29, 1.82) is 0 Å². The van der Waals surface area contributed by atoms with E-state index >= 15 is 0 Å². The van der Waals surface area contributed by atoms with Crippen molar-refractivity contribution in [3.05, 3.63) is 30.1 Å². The highest BCUT2D eigenvalue weighted by Crippen LogP contribution is 2.17. The van der Waals surface area contributed by atoms with Gasteiger partial charge in [-0.15, -0.1) is 0 Å². The van der Waals surface area contributed by atoms with Crippen LogP contribution in [-0.2, 0) is 4.79 Å². The van der Waals surface area contributed by atoms with E-state index < -0.39 is 0 Å². The maximum atomic E-state index is 11.8. The molecule has 82 valence electrons. The first kappa shape index (κ1) is 11.9. The van der Waals surface area contributed by atoms with Gasteiger partial charge in [0.05, 0.1) is 0 Å². The van der Waals surface area contributed by atoms with Crippen molar-refractivity contribution in [2.24, 2.45) is 0 Å². The van der Waals surface area contributed by atoms with Crippen molar-refractivity contribution >= 4 is 5.78 Å². The molecule has 1 heterocycles. The normalized spacial score (nSPS) is 12.4. The molecular weight excluding hydrogens is 186 g/mol. The molecule has 1 aromatic rings. The molecule has 0 amide bonds. The summed E-state index contributed by atoms with van der Waals surface area (Å²) in [5.41, 5.74) is 1.08. The number of hydrogen-bond acceptors (Lipinski definition) is 2. The van der Waals surface area contributed by atoms with Gasteiger partial charge in [-0.2, -0.15) is 0 Å². The Morgan fingerprint density at radius 3 is 2.60 bits per heavy atom. The Hall–Kier alpha value is -1.18. The summed E-state index contributed by atoms with van der Waals surface area (Å²) in [4.78, 5) is 15.7. The highest BCUT2D eigenvalue weighted by molar-refractivity contribution is 5.85. The molecule has 0 aromatic carbocycles. The molecule has 0 N–H and O–H groups in total. The predicted molar refractivity (Wildman–Crippen MR) is 61.8 cm³/mol. The summed E-state index contributed by atoms with van der Waals surface area (Å²) in [6.07, 6.45) is 7.52. The second kappa shape index (κ2) is 6.33. The number of hydrogen-bond donors (Lipinski definition) is 0. The Balaban J connectivity index is 2.46. The molecule has 2 heteroatoms. The van der Waals surface area contributed by atoms with Gasteiger partial charge in [-0.3, -0.25) is 9.78 Å². The van der Waals surface area contributed by atoms with Gasteiger partial charge >= 0.3 is 0 Å². The summed E-state index contributed by atoms with van der Waals surface area (Å²) >= 11 is 0. The Labute approximate surface area is 91.7 Å². The second-order valence-corrected chi connectivity index (χ2v) is 3.93. The van der Waals surface area contributed by atoms with Crippen LogP contribution in [0.25, 0.3) is 0 Å². The third kappa shape index (κ3) is 3.82. The van der Waals surface area contributed by atoms with E-state index in [1.165, 1.54) is 0 Å². The fraction of sp³-hybridized carbons (Fsp3) is 0.538. The molecule has 0 aliphatic rings. The minimum atomic E-state index is 0.0184. The number of carbonyl (C=O) groups is 1. The van der Waals surface area contributed by atoms with E-state index in [4.69, 9.17) is 0 Å². The minimum absolute atomic E-state index is 0.0184. The van der Waals surface area contributed by atoms with Crippen LogP contribution >= 0.6 is 0 Å². The molecule has 0 spiro atoms. The molecule has 2 nitrogen and oxygen atoms in total. The van der Waals surface area contributed by atoms with Crippen LogP contribution in [0.5, 0.6) is 0 Å². The SMILES string of the molecule is CCCCCC(=O)C(C)c1ccncc1. The fourth-order valence-electron chi connectivity index (χ4n) is 1.60. The lowest BCUT2D eigenvalue weighted by atomic mass is 9.94. The number of carbonyl (C=O) groups excluding carboxylic acids is 1. The summed E-state index contributed by atoms with van der Waals surface area (Å²) in [5, 5.41) is 0. The quantitative estimate of drug-likeness (QED) is 0.667. The molecule has 0 bridgehead atoms. The first-order valence-corrected chi connectivity index (χ1v) is 5.68. The van der Waals surface area contributed by atoms with Crippen molar-refractivity contribution in [3.63, 3.8) is 0 Å². The number of Topliss-reactive ketones (excluding diaryl/α,β-unsaturated/α-hetero) is 1. The first-order chi connectivity index (χ1) is 7.25. The molecule has 15 heavy (non-hydrogen) atoms. The van der Waals surface area contributed by atoms with Crippen LogP contribution in [0.15, 0.2) is 24.5 Å². The smallest absolute Gasteiger partial charge is 0.140 e. The van der Waals surface area contributed by atoms with Gasteiger partial charge in [0, 0.05) is 24.7 Å². The van der Waals surface area contributed by atoms with Gasteiger partial charge in [0.15, 0.2) is 0 Å². The number of aromatic nitrogens is 1. The van der Waals surface area contributed by atoms with E-state index in [1.807, 2.05) is 19.1 Å². The monoisotopic (exact) mass is 205 g/mol. The lowest BCUT2D eigenvalue weighted by Crippen LogP contribution is -2.08. The number of nitrogens with zero attached hydrogens (tertiary/aromatic N) is 1. The number of ketones is 1. The Kier molecular flexibility index (Phi) is 5.02. The lowest BCUT2D eigenvalue weighted by Gasteiger charge is -2.09. The van der Waals surface area contributed by atoms with Crippen LogP contribution in [0.2, 0.25) is 0 Å². The number of unbranched alkanes of at least 4 members (excludes halogenated alkanes) is 2. The molecular formula is C13H19NO. The summed E-state index contributed by atoms with van der Waals surface area (Å²) in [6.45, 7) is 4.13. The molecule has 1 unspecified atom stereocenters. The summed E-state index contributed by atoms with van der Waals surface area (Å²) in [6, 6.07) is 3.84. The molecule has 0 aliphatic carbocycles. The van der Waals surface area contributed by atoms with Crippen LogP contribution in [0.4, 0.5) is 0 Å². The van der Waals surface area contributed by atoms with E-state index in [-0.39, 0.29) is 5.92 Å². The van der Waals surface area contributed by atoms with Crippen molar-refractivity contribution in [1.82, 2.24) is 4.98 Å². The molecule has 1 atom stereocenters. The van der Waals surface area contributed by atoms with Crippen molar-refractivity contribution < 1.29 is 4.79 Å². The van der Waals surface area contributed by atoms with Gasteiger partial charge in [0.25, 0.3) is 0 Å². The van der Waals surface area contributed by atoms with Gasteiger partial charge in [-0.05, 0) is 24.1 Å². The molecule has 0 fully saturated rings. The summed E-state index contributed by atoms with van der Waals surface area (Å²) < 4.78 is 0. The molecule has 0 aliphatic heterocycles. The topological polar surface area (TPSA) is 30.0 Å². The minimum Gasteiger partial charge on any atom is -0.299 e. The Bertz CT molecular complexity index is 295. The van der Waals surface area contributed by atoms with E-state index in [1.54, 1.807) is 12.4 Å². The molecule has 1 rings (SSSR count). The Morgan fingerprint density at radius 2 is 2.00 bits per heavy atom. The van der Waals surface area contributed by atoms with Crippen LogP contribution in [0.3, 0.4) is 0 Å². The van der Waals surface area contributed by atoms with Crippen LogP contribution in [0.1, 0.15) is 51.0 Å². The summed E-state index contributed by atoms with van der Waals surface area (Å²) in [5.74, 6) is 0.361. The maximum absolute atomic E-state index is 11.8. The molecule has 0 saturated heterocycles. The standard InChI is InChI=1S/C13H19NO/c1-3-4-5-6-13(15)11(2)12-7-9-14-10-8-12/h7-11H,3-6H2,1-2H3. The zero-order valence-corrected chi connectivity index (χ0v) is 9.57. The van der Waals surface area contributed by atoms with E-state index in [0.717, 1.165) is 24.8 Å². The molecule has 1 aromatic heterocycles. The zero-order valence-electron chi connectivity index (χ0n) is 9.57. The zero-order chi connectivity index (χ0) is 11.1. The van der Waals surface area contributed by atoms with Crippen LogP contribution < -0.4 is 0 Å². The number of rotatable bonds is 6. The largest absolute Gasteiger partial charge is 0.299 e. The average molecular weight is 205 g/mol. The van der Waals surface area contributed by atoms with Gasteiger partial charge in [-0.25, -0.2) is 0 Å². The van der Waals surface area contributed by atoms with E-state index in [0.29, 0.717) is 12.2 Å². The van der Waals surface area contributed by atoms with Gasteiger partial charge in [0.2, 0.25) is 0 Å². The molecule has 0 saturated carbocycles. The molecule has 0 radical (unpaired) electrons. The first-order valence-electron chi connectivity index (χ1n) is 5.68. The fourth-order valence-corrected chi connectivity index (χ4v) is 1.60. The van der Waals surface area contributed by atoms with Crippen LogP contribution in [-0.4, -0.2) is 10.8 Å². The second-order valence-electron chi connectivity index (χ2n) is 3.93. The summed E-state index contributed by atoms with van der Waals surface area (Å²) in [7, 11) is 0. The van der Waals surface area contributed by atoms with Crippen molar-refractivity contribution in [2.45, 2.75) is 45.4 Å². The van der Waals surface area contributed by atoms with Gasteiger partial charge in [0.1, 0.15) is 5.78 Å².